The number of nitrogens with one attached hydrogen (secondary N) is 1. The van der Waals surface area contributed by atoms with E-state index in [0.29, 0.717) is 24.5 Å². The second-order valence-electron chi connectivity index (χ2n) is 5.25. The van der Waals surface area contributed by atoms with Crippen molar-refractivity contribution < 1.29 is 9.21 Å². The Morgan fingerprint density at radius 3 is 2.90 bits per heavy atom. The largest absolute Gasteiger partial charge is 0.463 e. The first-order valence-corrected chi connectivity index (χ1v) is 6.97. The fourth-order valence-corrected chi connectivity index (χ4v) is 2.58. The van der Waals surface area contributed by atoms with E-state index in [1.54, 1.807) is 29.2 Å². The van der Waals surface area contributed by atoms with E-state index in [0.717, 1.165) is 12.8 Å². The van der Waals surface area contributed by atoms with E-state index < -0.39 is 5.56 Å². The van der Waals surface area contributed by atoms with Crippen molar-refractivity contribution >= 4 is 5.91 Å². The smallest absolute Gasteiger partial charge is 0.261 e. The first-order chi connectivity index (χ1) is 10.1. The van der Waals surface area contributed by atoms with Crippen molar-refractivity contribution in [1.29, 1.82) is 0 Å². The van der Waals surface area contributed by atoms with E-state index >= 15 is 0 Å². The molecule has 1 fully saturated rings. The minimum absolute atomic E-state index is 0.0100. The van der Waals surface area contributed by atoms with Crippen LogP contribution in [-0.2, 0) is 0 Å². The van der Waals surface area contributed by atoms with Gasteiger partial charge in [0.15, 0.2) is 0 Å². The molecule has 0 spiro atoms. The van der Waals surface area contributed by atoms with Crippen molar-refractivity contribution in [2.24, 2.45) is 5.73 Å². The lowest BCUT2D eigenvalue weighted by Gasteiger charge is -2.30. The molecule has 0 aliphatic carbocycles. The predicted octanol–water partition coefficient (Wildman–Crippen LogP) is 1.20. The Balaban J connectivity index is 1.86. The predicted molar refractivity (Wildman–Crippen MR) is 77.9 cm³/mol. The van der Waals surface area contributed by atoms with Gasteiger partial charge in [-0.3, -0.25) is 9.59 Å². The summed E-state index contributed by atoms with van der Waals surface area (Å²) < 4.78 is 5.22. The molecule has 1 amide bonds. The zero-order valence-corrected chi connectivity index (χ0v) is 11.5. The van der Waals surface area contributed by atoms with E-state index in [1.807, 2.05) is 0 Å². The first-order valence-electron chi connectivity index (χ1n) is 6.97. The lowest BCUT2D eigenvalue weighted by molar-refractivity contribution is 0.0707. The van der Waals surface area contributed by atoms with E-state index in [4.69, 9.17) is 10.2 Å². The number of carbonyl (C=O) groups is 1. The van der Waals surface area contributed by atoms with Crippen LogP contribution in [0.25, 0.3) is 11.5 Å². The van der Waals surface area contributed by atoms with Crippen LogP contribution in [0.4, 0.5) is 0 Å². The summed E-state index contributed by atoms with van der Waals surface area (Å²) in [6.45, 7) is 1.14. The van der Waals surface area contributed by atoms with Gasteiger partial charge in [0.1, 0.15) is 11.3 Å². The van der Waals surface area contributed by atoms with Crippen LogP contribution in [0.5, 0.6) is 0 Å². The highest BCUT2D eigenvalue weighted by atomic mass is 16.3. The third kappa shape index (κ3) is 2.75. The third-order valence-corrected chi connectivity index (χ3v) is 3.67. The highest BCUT2D eigenvalue weighted by Gasteiger charge is 2.24. The number of pyridine rings is 1. The third-order valence-electron chi connectivity index (χ3n) is 3.67. The van der Waals surface area contributed by atoms with Crippen molar-refractivity contribution in [2.45, 2.75) is 18.9 Å². The molecule has 110 valence electrons. The van der Waals surface area contributed by atoms with Gasteiger partial charge in [-0.05, 0) is 37.1 Å². The van der Waals surface area contributed by atoms with Crippen molar-refractivity contribution in [3.63, 3.8) is 0 Å². The molecule has 1 atom stereocenters. The Morgan fingerprint density at radius 1 is 1.38 bits per heavy atom. The number of aromatic amines is 1. The maximum Gasteiger partial charge on any atom is 0.261 e. The van der Waals surface area contributed by atoms with Crippen LogP contribution in [0.3, 0.4) is 0 Å². The van der Waals surface area contributed by atoms with E-state index in [-0.39, 0.29) is 17.5 Å². The Hall–Kier alpha value is -2.34. The number of carbonyl (C=O) groups excluding carboxylic acids is 1. The van der Waals surface area contributed by atoms with Crippen LogP contribution < -0.4 is 11.3 Å². The summed E-state index contributed by atoms with van der Waals surface area (Å²) in [5.74, 6) is 0.295. The van der Waals surface area contributed by atoms with Crippen molar-refractivity contribution in [3.05, 3.63) is 46.4 Å². The Kier molecular flexibility index (Phi) is 3.62. The van der Waals surface area contributed by atoms with E-state index in [1.165, 1.54) is 6.26 Å². The van der Waals surface area contributed by atoms with Gasteiger partial charge in [-0.25, -0.2) is 0 Å². The molecule has 3 rings (SSSR count). The minimum atomic E-state index is -0.409. The standard InChI is InChI=1S/C15H17N3O3/c16-10-3-1-7-18(9-10)15(20)11-5-6-12(17-14(11)19)13-4-2-8-21-13/h2,4-6,8,10H,1,3,7,9,16H2,(H,17,19). The number of furan rings is 1. The maximum atomic E-state index is 12.4. The normalized spacial score (nSPS) is 18.7. The fraction of sp³-hybridized carbons (Fsp3) is 0.333. The second kappa shape index (κ2) is 5.57. The zero-order chi connectivity index (χ0) is 14.8. The molecule has 6 heteroatoms. The van der Waals surface area contributed by atoms with Crippen LogP contribution >= 0.6 is 0 Å². The molecular weight excluding hydrogens is 270 g/mol. The van der Waals surface area contributed by atoms with E-state index in [2.05, 4.69) is 4.98 Å². The maximum absolute atomic E-state index is 12.4. The average Bonchev–Trinajstić information content (AvgIpc) is 3.00. The summed E-state index contributed by atoms with van der Waals surface area (Å²) in [6.07, 6.45) is 3.31. The Morgan fingerprint density at radius 2 is 2.24 bits per heavy atom. The molecule has 1 unspecified atom stereocenters. The summed E-state index contributed by atoms with van der Waals surface area (Å²) in [5, 5.41) is 0. The van der Waals surface area contributed by atoms with Crippen LogP contribution in [0.2, 0.25) is 0 Å². The number of piperidine rings is 1. The van der Waals surface area contributed by atoms with Crippen LogP contribution in [0.15, 0.2) is 39.7 Å². The number of hydrogen-bond acceptors (Lipinski definition) is 4. The second-order valence-corrected chi connectivity index (χ2v) is 5.25. The molecule has 3 N–H and O–H groups in total. The van der Waals surface area contributed by atoms with Gasteiger partial charge in [0.05, 0.1) is 12.0 Å². The van der Waals surface area contributed by atoms with Crippen LogP contribution in [0, 0.1) is 0 Å². The minimum Gasteiger partial charge on any atom is -0.463 e. The summed E-state index contributed by atoms with van der Waals surface area (Å²) >= 11 is 0. The molecule has 21 heavy (non-hydrogen) atoms. The number of hydrogen-bond donors (Lipinski definition) is 2. The SMILES string of the molecule is NC1CCCN(C(=O)c2ccc(-c3ccco3)[nH]c2=O)C1. The highest BCUT2D eigenvalue weighted by molar-refractivity contribution is 5.94. The summed E-state index contributed by atoms with van der Waals surface area (Å²) in [4.78, 5) is 28.8. The van der Waals surface area contributed by atoms with Crippen molar-refractivity contribution in [1.82, 2.24) is 9.88 Å². The van der Waals surface area contributed by atoms with Crippen LogP contribution in [-0.4, -0.2) is 34.9 Å². The molecule has 6 nitrogen and oxygen atoms in total. The van der Waals surface area contributed by atoms with E-state index in [9.17, 15) is 9.59 Å². The van der Waals surface area contributed by atoms with Gasteiger partial charge in [0, 0.05) is 19.1 Å². The quantitative estimate of drug-likeness (QED) is 0.868. The molecule has 0 aromatic carbocycles. The highest BCUT2D eigenvalue weighted by Crippen LogP contribution is 2.16. The van der Waals surface area contributed by atoms with Gasteiger partial charge in [0.2, 0.25) is 0 Å². The molecule has 0 radical (unpaired) electrons. The lowest BCUT2D eigenvalue weighted by Crippen LogP contribution is -2.46. The fourth-order valence-electron chi connectivity index (χ4n) is 2.58. The number of likely N-dealkylation sites (tertiary alicyclic amines) is 1. The zero-order valence-electron chi connectivity index (χ0n) is 11.5. The number of nitrogens with two attached hydrogens (primary N) is 1. The van der Waals surface area contributed by atoms with Crippen LogP contribution in [0.1, 0.15) is 23.2 Å². The molecule has 1 aliphatic heterocycles. The molecule has 0 bridgehead atoms. The monoisotopic (exact) mass is 287 g/mol. The molecule has 1 saturated heterocycles. The van der Waals surface area contributed by atoms with Gasteiger partial charge in [-0.2, -0.15) is 0 Å². The summed E-state index contributed by atoms with van der Waals surface area (Å²) in [6, 6.07) is 6.69. The van der Waals surface area contributed by atoms with Crippen molar-refractivity contribution in [3.8, 4) is 11.5 Å². The van der Waals surface area contributed by atoms with Gasteiger partial charge >= 0.3 is 0 Å². The lowest BCUT2D eigenvalue weighted by atomic mass is 10.1. The molecule has 1 aliphatic rings. The topological polar surface area (TPSA) is 92.3 Å². The number of rotatable bonds is 2. The molecule has 3 heterocycles. The number of H-pyrrole nitrogens is 1. The first kappa shape index (κ1) is 13.6. The van der Waals surface area contributed by atoms with Gasteiger partial charge in [0.25, 0.3) is 11.5 Å². The summed E-state index contributed by atoms with van der Waals surface area (Å²) in [7, 11) is 0. The van der Waals surface area contributed by atoms with Gasteiger partial charge in [-0.15, -0.1) is 0 Å². The van der Waals surface area contributed by atoms with Gasteiger partial charge < -0.3 is 20.0 Å². The number of aromatic nitrogens is 1. The van der Waals surface area contributed by atoms with Gasteiger partial charge in [-0.1, -0.05) is 0 Å². The molecule has 0 saturated carbocycles. The number of nitrogens with zero attached hydrogens (tertiary/aromatic N) is 1. The Bertz CT molecular complexity index is 690. The Labute approximate surface area is 121 Å². The molecular formula is C15H17N3O3. The summed E-state index contributed by atoms with van der Waals surface area (Å²) in [5.41, 5.74) is 6.16. The molecule has 2 aromatic rings. The van der Waals surface area contributed by atoms with Crippen molar-refractivity contribution in [2.75, 3.05) is 13.1 Å². The number of amides is 1. The average molecular weight is 287 g/mol. The molecule has 2 aromatic heterocycles.